The van der Waals surface area contributed by atoms with Gasteiger partial charge in [0.2, 0.25) is 0 Å². The van der Waals surface area contributed by atoms with Gasteiger partial charge in [-0.3, -0.25) is 0 Å². The lowest BCUT2D eigenvalue weighted by molar-refractivity contribution is 0.100. The van der Waals surface area contributed by atoms with Crippen molar-refractivity contribution in [2.75, 3.05) is 26.0 Å². The van der Waals surface area contributed by atoms with E-state index >= 15 is 0 Å². The molecule has 1 N–H and O–H groups in total. The van der Waals surface area contributed by atoms with E-state index in [1.54, 1.807) is 17.3 Å². The molecule has 0 aliphatic carbocycles. The minimum Gasteiger partial charge on any atom is -0.380 e. The summed E-state index contributed by atoms with van der Waals surface area (Å²) in [5, 5.41) is 0.524. The molecule has 4 heteroatoms. The van der Waals surface area contributed by atoms with E-state index < -0.39 is 0 Å². The Morgan fingerprint density at radius 1 is 1.42 bits per heavy atom. The molecule has 2 atom stereocenters. The molecule has 0 saturated heterocycles. The van der Waals surface area contributed by atoms with Crippen molar-refractivity contribution in [2.24, 2.45) is 5.92 Å². The standard InChI is InChI=1S/C8H18FNOS/c1-7(4-10-9)5-11-6-8(2)12-3/h7-8,10H,4-6H2,1-3H3. The van der Waals surface area contributed by atoms with Gasteiger partial charge in [-0.1, -0.05) is 13.8 Å². The van der Waals surface area contributed by atoms with Crippen LogP contribution in [0, 0.1) is 5.92 Å². The van der Waals surface area contributed by atoms with Crippen molar-refractivity contribution in [2.45, 2.75) is 19.1 Å². The van der Waals surface area contributed by atoms with Crippen LogP contribution in [0.2, 0.25) is 0 Å². The van der Waals surface area contributed by atoms with Crippen molar-refractivity contribution >= 4 is 11.8 Å². The first-order valence-electron chi connectivity index (χ1n) is 4.14. The van der Waals surface area contributed by atoms with Crippen LogP contribution >= 0.6 is 11.8 Å². The quantitative estimate of drug-likeness (QED) is 0.627. The van der Waals surface area contributed by atoms with E-state index in [4.69, 9.17) is 4.74 Å². The smallest absolute Gasteiger partial charge is 0.0582 e. The lowest BCUT2D eigenvalue weighted by Crippen LogP contribution is -2.19. The number of ether oxygens (including phenoxy) is 1. The maximum atomic E-state index is 11.6. The molecule has 0 fully saturated rings. The monoisotopic (exact) mass is 195 g/mol. The Bertz CT molecular complexity index is 105. The summed E-state index contributed by atoms with van der Waals surface area (Å²) < 4.78 is 17.0. The second kappa shape index (κ2) is 7.83. The second-order valence-electron chi connectivity index (χ2n) is 3.03. The highest BCUT2D eigenvalue weighted by Crippen LogP contribution is 2.05. The number of hydrogen-bond acceptors (Lipinski definition) is 3. The minimum atomic E-state index is 0.240. The van der Waals surface area contributed by atoms with Gasteiger partial charge in [-0.25, -0.2) is 0 Å². The van der Waals surface area contributed by atoms with Crippen LogP contribution in [0.3, 0.4) is 0 Å². The molecular weight excluding hydrogens is 177 g/mol. The molecule has 0 aliphatic rings. The maximum Gasteiger partial charge on any atom is 0.0582 e. The van der Waals surface area contributed by atoms with Gasteiger partial charge in [0, 0.05) is 11.8 Å². The summed E-state index contributed by atoms with van der Waals surface area (Å²) in [6, 6.07) is 0. The van der Waals surface area contributed by atoms with Crippen LogP contribution in [0.5, 0.6) is 0 Å². The van der Waals surface area contributed by atoms with Gasteiger partial charge in [-0.15, -0.1) is 4.48 Å². The van der Waals surface area contributed by atoms with E-state index in [-0.39, 0.29) is 5.92 Å². The van der Waals surface area contributed by atoms with Crippen LogP contribution in [0.25, 0.3) is 0 Å². The first-order chi connectivity index (χ1) is 5.70. The molecule has 0 saturated carbocycles. The molecule has 0 spiro atoms. The average Bonchev–Trinajstić information content (AvgIpc) is 2.04. The molecule has 0 rings (SSSR count). The molecule has 0 aromatic rings. The highest BCUT2D eigenvalue weighted by molar-refractivity contribution is 7.99. The highest BCUT2D eigenvalue weighted by atomic mass is 32.2. The Hall–Kier alpha value is 0.200. The Balaban J connectivity index is 3.18. The van der Waals surface area contributed by atoms with Gasteiger partial charge in [0.05, 0.1) is 13.2 Å². The Labute approximate surface area is 78.2 Å². The summed E-state index contributed by atoms with van der Waals surface area (Å²) in [4.78, 5) is 0. The third-order valence-corrected chi connectivity index (χ3v) is 2.52. The third kappa shape index (κ3) is 6.88. The van der Waals surface area contributed by atoms with E-state index in [0.717, 1.165) is 6.61 Å². The Morgan fingerprint density at radius 3 is 2.58 bits per heavy atom. The summed E-state index contributed by atoms with van der Waals surface area (Å²) in [5.74, 6) is 0.240. The molecule has 0 amide bonds. The predicted octanol–water partition coefficient (Wildman–Crippen LogP) is 1.86. The molecule has 0 heterocycles. The van der Waals surface area contributed by atoms with Crippen LogP contribution in [0.1, 0.15) is 13.8 Å². The zero-order chi connectivity index (χ0) is 9.40. The number of rotatable bonds is 7. The maximum absolute atomic E-state index is 11.6. The van der Waals surface area contributed by atoms with Crippen molar-refractivity contribution in [3.05, 3.63) is 0 Å². The molecule has 12 heavy (non-hydrogen) atoms. The molecule has 74 valence electrons. The molecule has 2 unspecified atom stereocenters. The fourth-order valence-electron chi connectivity index (χ4n) is 0.694. The van der Waals surface area contributed by atoms with E-state index in [0.29, 0.717) is 18.4 Å². The van der Waals surface area contributed by atoms with Crippen molar-refractivity contribution in [3.63, 3.8) is 0 Å². The van der Waals surface area contributed by atoms with Crippen molar-refractivity contribution in [1.29, 1.82) is 0 Å². The molecule has 2 nitrogen and oxygen atoms in total. The Morgan fingerprint density at radius 2 is 2.08 bits per heavy atom. The number of nitrogens with one attached hydrogen (secondary N) is 1. The summed E-state index contributed by atoms with van der Waals surface area (Å²) in [6.45, 7) is 5.81. The van der Waals surface area contributed by atoms with Crippen LogP contribution in [-0.4, -0.2) is 31.3 Å². The summed E-state index contributed by atoms with van der Waals surface area (Å²) in [6.07, 6.45) is 2.06. The molecular formula is C8H18FNOS. The minimum absolute atomic E-state index is 0.240. The van der Waals surface area contributed by atoms with Crippen LogP contribution in [0.15, 0.2) is 0 Å². The fraction of sp³-hybridized carbons (Fsp3) is 1.00. The van der Waals surface area contributed by atoms with E-state index in [1.807, 2.05) is 6.92 Å². The lowest BCUT2D eigenvalue weighted by Gasteiger charge is -2.12. The van der Waals surface area contributed by atoms with Gasteiger partial charge < -0.3 is 4.74 Å². The number of halogens is 1. The molecule has 0 aliphatic heterocycles. The summed E-state index contributed by atoms with van der Waals surface area (Å²) in [5.41, 5.74) is 1.63. The molecule has 0 aromatic carbocycles. The fourth-order valence-corrected chi connectivity index (χ4v) is 0.926. The van der Waals surface area contributed by atoms with Crippen molar-refractivity contribution < 1.29 is 9.22 Å². The van der Waals surface area contributed by atoms with Crippen molar-refractivity contribution in [1.82, 2.24) is 5.54 Å². The van der Waals surface area contributed by atoms with Gasteiger partial charge >= 0.3 is 0 Å². The predicted molar refractivity (Wildman–Crippen MR) is 52.1 cm³/mol. The SMILES string of the molecule is CSC(C)COCC(C)CNF. The van der Waals surface area contributed by atoms with E-state index in [9.17, 15) is 4.48 Å². The normalized spacial score (nSPS) is 16.0. The van der Waals surface area contributed by atoms with E-state index in [1.165, 1.54) is 0 Å². The topological polar surface area (TPSA) is 21.3 Å². The average molecular weight is 195 g/mol. The molecule has 0 radical (unpaired) electrons. The first kappa shape index (κ1) is 12.2. The summed E-state index contributed by atoms with van der Waals surface area (Å²) >= 11 is 1.78. The number of hydrogen-bond donors (Lipinski definition) is 1. The van der Waals surface area contributed by atoms with Crippen LogP contribution in [0.4, 0.5) is 4.48 Å². The second-order valence-corrected chi connectivity index (χ2v) is 4.30. The zero-order valence-corrected chi connectivity index (χ0v) is 8.79. The van der Waals surface area contributed by atoms with Gasteiger partial charge in [-0.05, 0) is 12.2 Å². The Kier molecular flexibility index (Phi) is 7.96. The largest absolute Gasteiger partial charge is 0.380 e. The van der Waals surface area contributed by atoms with Gasteiger partial charge in [0.1, 0.15) is 0 Å². The van der Waals surface area contributed by atoms with E-state index in [2.05, 4.69) is 13.2 Å². The third-order valence-electron chi connectivity index (χ3n) is 1.58. The molecule has 0 aromatic heterocycles. The number of thioether (sulfide) groups is 1. The van der Waals surface area contributed by atoms with Gasteiger partial charge in [0.25, 0.3) is 0 Å². The van der Waals surface area contributed by atoms with Crippen LogP contribution in [-0.2, 0) is 4.74 Å². The lowest BCUT2D eigenvalue weighted by atomic mass is 10.2. The summed E-state index contributed by atoms with van der Waals surface area (Å²) in [7, 11) is 0. The van der Waals surface area contributed by atoms with Gasteiger partial charge in [-0.2, -0.15) is 17.3 Å². The zero-order valence-electron chi connectivity index (χ0n) is 7.97. The highest BCUT2D eigenvalue weighted by Gasteiger charge is 2.03. The van der Waals surface area contributed by atoms with Crippen molar-refractivity contribution in [3.8, 4) is 0 Å². The first-order valence-corrected chi connectivity index (χ1v) is 5.43. The van der Waals surface area contributed by atoms with Crippen LogP contribution < -0.4 is 5.54 Å². The molecule has 0 bridgehead atoms. The van der Waals surface area contributed by atoms with Gasteiger partial charge in [0.15, 0.2) is 0 Å².